The Hall–Kier alpha value is -3.60. The van der Waals surface area contributed by atoms with E-state index in [-0.39, 0.29) is 37.1 Å². The van der Waals surface area contributed by atoms with E-state index >= 15 is 0 Å². The molecule has 0 aliphatic carbocycles. The van der Waals surface area contributed by atoms with Crippen LogP contribution in [0.4, 0.5) is 0 Å². The molecule has 0 atom stereocenters. The topological polar surface area (TPSA) is 69.3 Å². The second-order valence-corrected chi connectivity index (χ2v) is 7.78. The summed E-state index contributed by atoms with van der Waals surface area (Å²) in [6.07, 6.45) is 2.03. The minimum Gasteiger partial charge on any atom is -0.355 e. The SMILES string of the molecule is CCCCNC(=O)CN(Cc1cccc(-c2ccccc2)c1[O])C(=O)Cc1ccccc1. The summed E-state index contributed by atoms with van der Waals surface area (Å²) in [7, 11) is 0. The molecule has 5 heteroatoms. The molecule has 2 amide bonds. The van der Waals surface area contributed by atoms with Crippen molar-refractivity contribution in [1.29, 1.82) is 0 Å². The third-order valence-corrected chi connectivity index (χ3v) is 5.28. The largest absolute Gasteiger partial charge is 0.355 e. The van der Waals surface area contributed by atoms with E-state index in [1.807, 2.05) is 66.7 Å². The van der Waals surface area contributed by atoms with Crippen molar-refractivity contribution in [2.45, 2.75) is 32.7 Å². The van der Waals surface area contributed by atoms with Gasteiger partial charge in [-0.2, -0.15) is 0 Å². The molecule has 0 aliphatic heterocycles. The van der Waals surface area contributed by atoms with Crippen LogP contribution < -0.4 is 5.32 Å². The summed E-state index contributed by atoms with van der Waals surface area (Å²) in [6, 6.07) is 24.2. The lowest BCUT2D eigenvalue weighted by molar-refractivity contribution is -0.136. The first-order valence-corrected chi connectivity index (χ1v) is 11.0. The minimum atomic E-state index is -0.216. The molecular weight excluding hydrogens is 400 g/mol. The smallest absolute Gasteiger partial charge is 0.239 e. The Morgan fingerprint density at radius 3 is 2.25 bits per heavy atom. The zero-order valence-corrected chi connectivity index (χ0v) is 18.4. The van der Waals surface area contributed by atoms with Crippen molar-refractivity contribution < 1.29 is 14.7 Å². The van der Waals surface area contributed by atoms with Gasteiger partial charge in [-0.15, -0.1) is 0 Å². The van der Waals surface area contributed by atoms with Crippen LogP contribution in [0, 0.1) is 0 Å². The number of para-hydroxylation sites is 1. The molecule has 32 heavy (non-hydrogen) atoms. The van der Waals surface area contributed by atoms with Crippen LogP contribution >= 0.6 is 0 Å². The van der Waals surface area contributed by atoms with Crippen molar-refractivity contribution in [1.82, 2.24) is 10.2 Å². The van der Waals surface area contributed by atoms with Crippen LogP contribution in [0.15, 0.2) is 78.9 Å². The predicted molar refractivity (Wildman–Crippen MR) is 125 cm³/mol. The van der Waals surface area contributed by atoms with Crippen LogP contribution in [0.2, 0.25) is 0 Å². The zero-order valence-electron chi connectivity index (χ0n) is 18.4. The second-order valence-electron chi connectivity index (χ2n) is 7.78. The predicted octanol–water partition coefficient (Wildman–Crippen LogP) is 4.99. The third kappa shape index (κ3) is 6.45. The fourth-order valence-corrected chi connectivity index (χ4v) is 3.51. The van der Waals surface area contributed by atoms with Crippen LogP contribution in [-0.2, 0) is 27.7 Å². The average molecular weight is 430 g/mol. The fraction of sp³-hybridized carbons (Fsp3) is 0.259. The summed E-state index contributed by atoms with van der Waals surface area (Å²) in [6.45, 7) is 2.64. The number of benzene rings is 3. The quantitative estimate of drug-likeness (QED) is 0.462. The zero-order chi connectivity index (χ0) is 22.8. The number of nitrogens with one attached hydrogen (secondary N) is 1. The maximum atomic E-state index is 13.1. The molecule has 0 fully saturated rings. The summed E-state index contributed by atoms with van der Waals surface area (Å²) >= 11 is 0. The fourth-order valence-electron chi connectivity index (χ4n) is 3.51. The van der Waals surface area contributed by atoms with Gasteiger partial charge in [0.1, 0.15) is 0 Å². The summed E-state index contributed by atoms with van der Waals surface area (Å²) in [5, 5.41) is 16.0. The molecule has 0 aliphatic rings. The van der Waals surface area contributed by atoms with E-state index < -0.39 is 0 Å². The summed E-state index contributed by atoms with van der Waals surface area (Å²) in [4.78, 5) is 27.0. The summed E-state index contributed by atoms with van der Waals surface area (Å²) < 4.78 is 0. The van der Waals surface area contributed by atoms with Crippen molar-refractivity contribution >= 4 is 11.8 Å². The Kier molecular flexibility index (Phi) is 8.44. The van der Waals surface area contributed by atoms with Gasteiger partial charge in [-0.05, 0) is 17.5 Å². The van der Waals surface area contributed by atoms with Crippen LogP contribution in [0.1, 0.15) is 30.9 Å². The van der Waals surface area contributed by atoms with Gasteiger partial charge in [0.25, 0.3) is 0 Å². The number of hydrogen-bond donors (Lipinski definition) is 1. The van der Waals surface area contributed by atoms with E-state index in [1.165, 1.54) is 4.90 Å². The van der Waals surface area contributed by atoms with E-state index in [9.17, 15) is 14.7 Å². The Balaban J connectivity index is 1.81. The molecule has 0 unspecified atom stereocenters. The lowest BCUT2D eigenvalue weighted by Gasteiger charge is -2.23. The van der Waals surface area contributed by atoms with Gasteiger partial charge in [-0.1, -0.05) is 92.2 Å². The van der Waals surface area contributed by atoms with Crippen molar-refractivity contribution in [3.8, 4) is 16.9 Å². The summed E-state index contributed by atoms with van der Waals surface area (Å²) in [5.74, 6) is -0.527. The Bertz CT molecular complexity index is 1020. The van der Waals surface area contributed by atoms with E-state index in [2.05, 4.69) is 12.2 Å². The average Bonchev–Trinajstić information content (AvgIpc) is 2.81. The Labute approximate surface area is 189 Å². The van der Waals surface area contributed by atoms with Gasteiger partial charge >= 0.3 is 0 Å². The molecule has 3 rings (SSSR count). The molecule has 5 nitrogen and oxygen atoms in total. The molecule has 3 aromatic carbocycles. The third-order valence-electron chi connectivity index (χ3n) is 5.28. The number of carbonyl (C=O) groups excluding carboxylic acids is 2. The molecule has 1 radical (unpaired) electrons. The molecule has 1 N–H and O–H groups in total. The monoisotopic (exact) mass is 429 g/mol. The van der Waals surface area contributed by atoms with E-state index in [0.29, 0.717) is 17.7 Å². The highest BCUT2D eigenvalue weighted by molar-refractivity contribution is 5.86. The van der Waals surface area contributed by atoms with Crippen LogP contribution in [0.5, 0.6) is 5.75 Å². The molecule has 0 saturated heterocycles. The number of rotatable bonds is 10. The Morgan fingerprint density at radius 2 is 1.56 bits per heavy atom. The highest BCUT2D eigenvalue weighted by atomic mass is 16.3. The van der Waals surface area contributed by atoms with Gasteiger partial charge < -0.3 is 10.2 Å². The van der Waals surface area contributed by atoms with Crippen LogP contribution in [-0.4, -0.2) is 29.8 Å². The highest BCUT2D eigenvalue weighted by Crippen LogP contribution is 2.33. The maximum absolute atomic E-state index is 13.1. The molecule has 0 saturated carbocycles. The lowest BCUT2D eigenvalue weighted by Crippen LogP contribution is -2.41. The van der Waals surface area contributed by atoms with Crippen molar-refractivity contribution in [2.24, 2.45) is 0 Å². The van der Waals surface area contributed by atoms with E-state index in [1.54, 1.807) is 12.1 Å². The van der Waals surface area contributed by atoms with Crippen molar-refractivity contribution in [3.63, 3.8) is 0 Å². The van der Waals surface area contributed by atoms with Gasteiger partial charge in [-0.25, -0.2) is 0 Å². The van der Waals surface area contributed by atoms with Gasteiger partial charge in [0.05, 0.1) is 19.5 Å². The highest BCUT2D eigenvalue weighted by Gasteiger charge is 2.21. The molecule has 165 valence electrons. The first-order chi connectivity index (χ1) is 15.6. The first-order valence-electron chi connectivity index (χ1n) is 11.0. The van der Waals surface area contributed by atoms with E-state index in [4.69, 9.17) is 0 Å². The van der Waals surface area contributed by atoms with E-state index in [0.717, 1.165) is 24.0 Å². The molecule has 0 spiro atoms. The van der Waals surface area contributed by atoms with Gasteiger partial charge in [0, 0.05) is 17.7 Å². The molecular formula is C27H29N2O3. The van der Waals surface area contributed by atoms with Crippen LogP contribution in [0.3, 0.4) is 0 Å². The van der Waals surface area contributed by atoms with Crippen molar-refractivity contribution in [2.75, 3.05) is 13.1 Å². The van der Waals surface area contributed by atoms with Crippen molar-refractivity contribution in [3.05, 3.63) is 90.0 Å². The molecule has 0 heterocycles. The Morgan fingerprint density at radius 1 is 0.875 bits per heavy atom. The minimum absolute atomic E-state index is 0.0790. The standard InChI is InChI=1S/C27H29N2O3/c1-2-3-17-28-25(30)20-29(26(31)18-21-11-6-4-7-12-21)19-23-15-10-16-24(27(23)32)22-13-8-5-9-14-22/h4-16H,2-3,17-20H2,1H3,(H,28,30). The number of hydrogen-bond acceptors (Lipinski definition) is 2. The first kappa shape index (κ1) is 23.1. The maximum Gasteiger partial charge on any atom is 0.239 e. The lowest BCUT2D eigenvalue weighted by atomic mass is 10.0. The number of nitrogens with zero attached hydrogens (tertiary/aromatic N) is 1. The number of carbonyl (C=O) groups is 2. The molecule has 0 bridgehead atoms. The van der Waals surface area contributed by atoms with Gasteiger partial charge in [-0.3, -0.25) is 14.7 Å². The number of amides is 2. The molecule has 0 aromatic heterocycles. The normalized spacial score (nSPS) is 10.5. The summed E-state index contributed by atoms with van der Waals surface area (Å²) in [5.41, 5.74) is 2.79. The van der Waals surface area contributed by atoms with Gasteiger partial charge in [0.15, 0.2) is 5.75 Å². The molecule has 3 aromatic rings. The van der Waals surface area contributed by atoms with Crippen LogP contribution in [0.25, 0.3) is 11.1 Å². The van der Waals surface area contributed by atoms with Gasteiger partial charge in [0.2, 0.25) is 11.8 Å². The number of unbranched alkanes of at least 4 members (excludes halogenated alkanes) is 1. The second kappa shape index (κ2) is 11.7.